The molecule has 152 valence electrons. The lowest BCUT2D eigenvalue weighted by Gasteiger charge is -2.04. The van der Waals surface area contributed by atoms with Crippen molar-refractivity contribution >= 4 is 34.6 Å². The zero-order chi connectivity index (χ0) is 19.9. The number of cyclic esters (lactones) is 2. The Morgan fingerprint density at radius 3 is 1.61 bits per heavy atom. The molecule has 8 heteroatoms. The molecule has 1 aliphatic heterocycles. The van der Waals surface area contributed by atoms with Gasteiger partial charge >= 0.3 is 11.9 Å². The van der Waals surface area contributed by atoms with Crippen LogP contribution in [0.25, 0.3) is 0 Å². The van der Waals surface area contributed by atoms with Gasteiger partial charge in [0.2, 0.25) is 11.0 Å². The van der Waals surface area contributed by atoms with Crippen molar-refractivity contribution in [2.75, 3.05) is 13.2 Å². The monoisotopic (exact) mass is 424 g/mol. The number of aryl methyl sites for hydroxylation is 2. The van der Waals surface area contributed by atoms with Crippen molar-refractivity contribution in [2.24, 2.45) is 0 Å². The van der Waals surface area contributed by atoms with Crippen LogP contribution < -0.4 is 9.13 Å². The molecule has 0 amide bonds. The quantitative estimate of drug-likeness (QED) is 0.481. The highest BCUT2D eigenvalue weighted by atomic mass is 32.1. The first-order valence-electron chi connectivity index (χ1n) is 9.78. The van der Waals surface area contributed by atoms with E-state index in [0.717, 1.165) is 38.8 Å². The summed E-state index contributed by atoms with van der Waals surface area (Å²) in [5.41, 5.74) is 6.52. The van der Waals surface area contributed by atoms with Crippen LogP contribution in [0, 0.1) is 13.8 Å². The molecule has 0 radical (unpaired) electrons. The minimum atomic E-state index is -0.128. The number of rotatable bonds is 0. The number of carbonyl (C=O) groups excluding carboxylic acids is 2. The smallest absolute Gasteiger partial charge is 0.306 e. The van der Waals surface area contributed by atoms with Crippen LogP contribution in [-0.4, -0.2) is 25.2 Å². The molecule has 3 heterocycles. The molecule has 0 N–H and O–H groups in total. The predicted molar refractivity (Wildman–Crippen MR) is 106 cm³/mol. The van der Waals surface area contributed by atoms with Crippen LogP contribution >= 0.6 is 22.7 Å². The molecule has 0 fully saturated rings. The zero-order valence-electron chi connectivity index (χ0n) is 16.6. The van der Waals surface area contributed by atoms with Gasteiger partial charge in [-0.05, 0) is 0 Å². The Hall–Kier alpha value is -1.80. The fourth-order valence-electron chi connectivity index (χ4n) is 3.27. The van der Waals surface area contributed by atoms with Gasteiger partial charge in [0, 0.05) is 39.5 Å². The van der Waals surface area contributed by atoms with Crippen molar-refractivity contribution in [3.8, 4) is 0 Å². The Morgan fingerprint density at radius 1 is 0.750 bits per heavy atom. The summed E-state index contributed by atoms with van der Waals surface area (Å²) in [6.07, 6.45) is 3.84. The number of ether oxygens (including phenoxy) is 2. The number of fused-ring (bicyclic) bond motifs is 4. The SMILES string of the molecule is Cc1c2sc[n+]1CCCC(=O)OCCc1sc[n+](c1C)CCCC(=O)OCC2. The molecule has 2 aromatic heterocycles. The second kappa shape index (κ2) is 10.1. The van der Waals surface area contributed by atoms with Crippen molar-refractivity contribution in [1.29, 1.82) is 0 Å². The normalized spacial score (nSPS) is 17.6. The van der Waals surface area contributed by atoms with Gasteiger partial charge in [-0.15, -0.1) is 0 Å². The largest absolute Gasteiger partial charge is 0.465 e. The standard InChI is InChI=1S/C20H28N2O4S2/c1-15-17-7-11-25-20(24)6-4-10-22-14-28-18(16(22)2)8-12-26-19(23)5-3-9-21(15)13-27-17/h13-14H,3-12H2,1-2H3/q+2. The van der Waals surface area contributed by atoms with E-state index >= 15 is 0 Å². The van der Waals surface area contributed by atoms with Crippen molar-refractivity contribution in [2.45, 2.75) is 65.5 Å². The summed E-state index contributed by atoms with van der Waals surface area (Å²) in [5.74, 6) is -0.255. The molecule has 0 spiro atoms. The highest BCUT2D eigenvalue weighted by Crippen LogP contribution is 2.14. The van der Waals surface area contributed by atoms with Gasteiger partial charge in [0.25, 0.3) is 0 Å². The molecule has 0 atom stereocenters. The Bertz CT molecular complexity index is 701. The van der Waals surface area contributed by atoms with Crippen LogP contribution in [0.15, 0.2) is 11.0 Å². The molecule has 28 heavy (non-hydrogen) atoms. The third-order valence-corrected chi connectivity index (χ3v) is 7.35. The van der Waals surface area contributed by atoms with Crippen molar-refractivity contribution in [3.05, 3.63) is 32.2 Å². The van der Waals surface area contributed by atoms with Gasteiger partial charge in [-0.2, -0.15) is 9.13 Å². The molecule has 1 aliphatic rings. The van der Waals surface area contributed by atoms with Gasteiger partial charge in [0.05, 0.1) is 35.8 Å². The number of hydrogen-bond acceptors (Lipinski definition) is 6. The topological polar surface area (TPSA) is 60.4 Å². The molecule has 0 saturated heterocycles. The average Bonchev–Trinajstić information content (AvgIpc) is 3.19. The third kappa shape index (κ3) is 5.61. The number of hydrogen-bond donors (Lipinski definition) is 0. The molecule has 0 aliphatic carbocycles. The molecule has 0 saturated carbocycles. The summed E-state index contributed by atoms with van der Waals surface area (Å²) in [5, 5.41) is 0. The molecule has 0 aromatic carbocycles. The van der Waals surface area contributed by atoms with E-state index in [1.54, 1.807) is 22.7 Å². The van der Waals surface area contributed by atoms with E-state index in [1.165, 1.54) is 21.1 Å². The minimum absolute atomic E-state index is 0.128. The first kappa shape index (κ1) is 20.9. The van der Waals surface area contributed by atoms with E-state index < -0.39 is 0 Å². The van der Waals surface area contributed by atoms with Crippen molar-refractivity contribution in [3.63, 3.8) is 0 Å². The second-order valence-corrected chi connectivity index (χ2v) is 8.88. The van der Waals surface area contributed by atoms with Crippen LogP contribution in [0.1, 0.15) is 46.8 Å². The van der Waals surface area contributed by atoms with Gasteiger partial charge < -0.3 is 9.47 Å². The highest BCUT2D eigenvalue weighted by Gasteiger charge is 2.18. The summed E-state index contributed by atoms with van der Waals surface area (Å²) in [7, 11) is 0. The van der Waals surface area contributed by atoms with Crippen molar-refractivity contribution in [1.82, 2.24) is 0 Å². The number of carbonyl (C=O) groups is 2. The summed E-state index contributed by atoms with van der Waals surface area (Å²) in [6.45, 7) is 6.57. The lowest BCUT2D eigenvalue weighted by molar-refractivity contribution is -0.698. The first-order valence-corrected chi connectivity index (χ1v) is 11.5. The fraction of sp³-hybridized carbons (Fsp3) is 0.600. The number of thiazole rings is 2. The van der Waals surface area contributed by atoms with Gasteiger partial charge in [0.15, 0.2) is 11.4 Å². The number of nitrogens with zero attached hydrogens (tertiary/aromatic N) is 2. The van der Waals surface area contributed by atoms with Crippen molar-refractivity contribution < 1.29 is 28.2 Å². The minimum Gasteiger partial charge on any atom is -0.465 e. The van der Waals surface area contributed by atoms with Gasteiger partial charge in [0.1, 0.15) is 13.1 Å². The summed E-state index contributed by atoms with van der Waals surface area (Å²) in [6, 6.07) is 0. The fourth-order valence-corrected chi connectivity index (χ4v) is 5.28. The molecule has 2 aromatic rings. The lowest BCUT2D eigenvalue weighted by Crippen LogP contribution is -2.35. The maximum absolute atomic E-state index is 12.0. The molecule has 3 rings (SSSR count). The van der Waals surface area contributed by atoms with Gasteiger partial charge in [-0.25, -0.2) is 0 Å². The zero-order valence-corrected chi connectivity index (χ0v) is 18.2. The van der Waals surface area contributed by atoms with E-state index in [-0.39, 0.29) is 11.9 Å². The van der Waals surface area contributed by atoms with Crippen LogP contribution in [-0.2, 0) is 45.0 Å². The van der Waals surface area contributed by atoms with Crippen LogP contribution in [0.5, 0.6) is 0 Å². The Kier molecular flexibility index (Phi) is 7.56. The molecule has 0 unspecified atom stereocenters. The van der Waals surface area contributed by atoms with E-state index in [4.69, 9.17) is 9.47 Å². The molecule has 4 bridgehead atoms. The van der Waals surface area contributed by atoms with E-state index in [9.17, 15) is 9.59 Å². The maximum Gasteiger partial charge on any atom is 0.306 e. The van der Waals surface area contributed by atoms with Crippen LogP contribution in [0.3, 0.4) is 0 Å². The maximum atomic E-state index is 12.0. The van der Waals surface area contributed by atoms with Crippen LogP contribution in [0.2, 0.25) is 0 Å². The average molecular weight is 425 g/mol. The lowest BCUT2D eigenvalue weighted by atomic mass is 10.2. The summed E-state index contributed by atoms with van der Waals surface area (Å²) in [4.78, 5) is 26.5. The third-order valence-electron chi connectivity index (χ3n) is 5.06. The van der Waals surface area contributed by atoms with Crippen LogP contribution in [0.4, 0.5) is 0 Å². The number of esters is 2. The number of aromatic nitrogens is 2. The first-order chi connectivity index (χ1) is 13.5. The highest BCUT2D eigenvalue weighted by molar-refractivity contribution is 7.09. The molecule has 6 nitrogen and oxygen atoms in total. The van der Waals surface area contributed by atoms with E-state index in [1.807, 2.05) is 0 Å². The van der Waals surface area contributed by atoms with E-state index in [2.05, 4.69) is 34.0 Å². The molecular weight excluding hydrogens is 396 g/mol. The Balaban J connectivity index is 1.64. The van der Waals surface area contributed by atoms with E-state index in [0.29, 0.717) is 26.1 Å². The van der Waals surface area contributed by atoms with Gasteiger partial charge in [-0.1, -0.05) is 22.7 Å². The summed E-state index contributed by atoms with van der Waals surface area (Å²) >= 11 is 3.35. The Morgan fingerprint density at radius 2 is 1.18 bits per heavy atom. The second-order valence-electron chi connectivity index (χ2n) is 7.00. The summed E-state index contributed by atoms with van der Waals surface area (Å²) < 4.78 is 15.2. The predicted octanol–water partition coefficient (Wildman–Crippen LogP) is 2.45. The Labute approximate surface area is 173 Å². The van der Waals surface area contributed by atoms with Gasteiger partial charge in [-0.3, -0.25) is 9.59 Å². The molecular formula is C20H28N2O4S2+2.